The lowest BCUT2D eigenvalue weighted by Crippen LogP contribution is -2.41. The molecule has 0 aliphatic carbocycles. The minimum absolute atomic E-state index is 0.0218. The molecule has 0 saturated carbocycles. The van der Waals surface area contributed by atoms with Crippen molar-refractivity contribution < 1.29 is 14.1 Å². The van der Waals surface area contributed by atoms with Gasteiger partial charge in [-0.25, -0.2) is 0 Å². The number of hydrogen-bond donors (Lipinski definition) is 1. The molecule has 1 N–H and O–H groups in total. The van der Waals surface area contributed by atoms with E-state index in [4.69, 9.17) is 0 Å². The van der Waals surface area contributed by atoms with Crippen LogP contribution in [0.4, 0.5) is 0 Å². The maximum absolute atomic E-state index is 11.9. The zero-order valence-electron chi connectivity index (χ0n) is 8.63. The van der Waals surface area contributed by atoms with Gasteiger partial charge in [-0.3, -0.25) is 14.0 Å². The first-order valence-electron chi connectivity index (χ1n) is 4.95. The van der Waals surface area contributed by atoms with Gasteiger partial charge in [0.15, 0.2) is 0 Å². The Morgan fingerprint density at radius 3 is 2.69 bits per heavy atom. The summed E-state index contributed by atoms with van der Waals surface area (Å²) in [6, 6.07) is 1.39. The molecule has 86 valence electrons. The molecule has 6 heteroatoms. The van der Waals surface area contributed by atoms with Gasteiger partial charge < -0.3 is 10.0 Å². The molecule has 1 saturated heterocycles. The highest BCUT2D eigenvalue weighted by Crippen LogP contribution is 2.12. The SMILES string of the molecule is O=C(c1cncc(O)c1)N1CCS(=O)CC1. The summed E-state index contributed by atoms with van der Waals surface area (Å²) in [6.45, 7) is 1.00. The normalized spacial score (nSPS) is 17.4. The average Bonchev–Trinajstić information content (AvgIpc) is 2.29. The van der Waals surface area contributed by atoms with E-state index in [2.05, 4.69) is 4.98 Å². The second kappa shape index (κ2) is 4.61. The molecule has 2 heterocycles. The lowest BCUT2D eigenvalue weighted by atomic mass is 10.2. The summed E-state index contributed by atoms with van der Waals surface area (Å²) in [4.78, 5) is 17.3. The highest BCUT2D eigenvalue weighted by molar-refractivity contribution is 7.85. The second-order valence-electron chi connectivity index (χ2n) is 3.57. The molecule has 5 nitrogen and oxygen atoms in total. The second-order valence-corrected chi connectivity index (χ2v) is 5.27. The van der Waals surface area contributed by atoms with Crippen molar-refractivity contribution in [3.63, 3.8) is 0 Å². The van der Waals surface area contributed by atoms with E-state index in [9.17, 15) is 14.1 Å². The smallest absolute Gasteiger partial charge is 0.255 e. The van der Waals surface area contributed by atoms with Gasteiger partial charge in [0, 0.05) is 41.6 Å². The minimum Gasteiger partial charge on any atom is -0.506 e. The van der Waals surface area contributed by atoms with Crippen LogP contribution >= 0.6 is 0 Å². The summed E-state index contributed by atoms with van der Waals surface area (Å²) in [5, 5.41) is 9.22. The molecule has 1 aromatic heterocycles. The summed E-state index contributed by atoms with van der Waals surface area (Å²) in [6.07, 6.45) is 2.70. The van der Waals surface area contributed by atoms with Crippen LogP contribution in [-0.2, 0) is 10.8 Å². The van der Waals surface area contributed by atoms with Crippen LogP contribution in [-0.4, -0.2) is 49.7 Å². The first-order chi connectivity index (χ1) is 7.66. The largest absolute Gasteiger partial charge is 0.506 e. The van der Waals surface area contributed by atoms with Gasteiger partial charge in [-0.2, -0.15) is 0 Å². The highest BCUT2D eigenvalue weighted by atomic mass is 32.2. The Morgan fingerprint density at radius 1 is 1.38 bits per heavy atom. The van der Waals surface area contributed by atoms with Crippen molar-refractivity contribution in [2.45, 2.75) is 0 Å². The maximum atomic E-state index is 11.9. The minimum atomic E-state index is -0.797. The number of pyridine rings is 1. The molecule has 1 aliphatic heterocycles. The Balaban J connectivity index is 2.10. The van der Waals surface area contributed by atoms with Crippen LogP contribution < -0.4 is 0 Å². The topological polar surface area (TPSA) is 70.5 Å². The number of carbonyl (C=O) groups is 1. The van der Waals surface area contributed by atoms with Crippen molar-refractivity contribution in [2.75, 3.05) is 24.6 Å². The fraction of sp³-hybridized carbons (Fsp3) is 0.400. The summed E-state index contributed by atoms with van der Waals surface area (Å²) < 4.78 is 11.1. The molecule has 0 spiro atoms. The molecule has 1 aliphatic rings. The van der Waals surface area contributed by atoms with Gasteiger partial charge in [0.05, 0.1) is 11.8 Å². The monoisotopic (exact) mass is 240 g/mol. The van der Waals surface area contributed by atoms with E-state index in [1.807, 2.05) is 0 Å². The highest BCUT2D eigenvalue weighted by Gasteiger charge is 2.21. The Kier molecular flexibility index (Phi) is 3.19. The van der Waals surface area contributed by atoms with E-state index < -0.39 is 10.8 Å². The van der Waals surface area contributed by atoms with Crippen molar-refractivity contribution in [1.82, 2.24) is 9.88 Å². The molecule has 0 unspecified atom stereocenters. The number of amides is 1. The standard InChI is InChI=1S/C10H12N2O3S/c13-9-5-8(6-11-7-9)10(14)12-1-3-16(15)4-2-12/h5-7,13H,1-4H2. The van der Waals surface area contributed by atoms with Crippen LogP contribution in [0.1, 0.15) is 10.4 Å². The molecule has 0 radical (unpaired) electrons. The summed E-state index contributed by atoms with van der Waals surface area (Å²) >= 11 is 0. The van der Waals surface area contributed by atoms with Crippen molar-refractivity contribution in [1.29, 1.82) is 0 Å². The number of nitrogens with zero attached hydrogens (tertiary/aromatic N) is 2. The summed E-state index contributed by atoms with van der Waals surface area (Å²) in [5.74, 6) is 0.863. The van der Waals surface area contributed by atoms with E-state index in [0.29, 0.717) is 30.2 Å². The summed E-state index contributed by atoms with van der Waals surface area (Å²) in [7, 11) is -0.797. The first-order valence-corrected chi connectivity index (χ1v) is 6.44. The molecular formula is C10H12N2O3S. The van der Waals surface area contributed by atoms with Gasteiger partial charge in [0.1, 0.15) is 5.75 Å². The number of aromatic hydroxyl groups is 1. The van der Waals surface area contributed by atoms with Gasteiger partial charge in [-0.05, 0) is 6.07 Å². The van der Waals surface area contributed by atoms with Crippen molar-refractivity contribution in [2.24, 2.45) is 0 Å². The Bertz CT molecular complexity index is 426. The van der Waals surface area contributed by atoms with Gasteiger partial charge in [0.2, 0.25) is 0 Å². The zero-order chi connectivity index (χ0) is 11.5. The van der Waals surface area contributed by atoms with E-state index in [-0.39, 0.29) is 11.7 Å². The lowest BCUT2D eigenvalue weighted by molar-refractivity contribution is 0.0770. The molecule has 0 bridgehead atoms. The molecular weight excluding hydrogens is 228 g/mol. The quantitative estimate of drug-likeness (QED) is 0.749. The van der Waals surface area contributed by atoms with E-state index in [1.165, 1.54) is 18.5 Å². The van der Waals surface area contributed by atoms with Crippen LogP contribution in [0, 0.1) is 0 Å². The molecule has 1 amide bonds. The van der Waals surface area contributed by atoms with Gasteiger partial charge in [-0.15, -0.1) is 0 Å². The Labute approximate surface area is 95.6 Å². The fourth-order valence-corrected chi connectivity index (χ4v) is 2.62. The number of aromatic nitrogens is 1. The van der Waals surface area contributed by atoms with Crippen LogP contribution in [0.5, 0.6) is 5.75 Å². The predicted molar refractivity (Wildman–Crippen MR) is 59.7 cm³/mol. The third kappa shape index (κ3) is 2.38. The molecule has 16 heavy (non-hydrogen) atoms. The zero-order valence-corrected chi connectivity index (χ0v) is 9.44. The first kappa shape index (κ1) is 11.1. The van der Waals surface area contributed by atoms with Crippen molar-refractivity contribution in [3.8, 4) is 5.75 Å². The van der Waals surface area contributed by atoms with Gasteiger partial charge in [0.25, 0.3) is 5.91 Å². The Hall–Kier alpha value is -1.43. The Morgan fingerprint density at radius 2 is 2.06 bits per heavy atom. The molecule has 0 aromatic carbocycles. The van der Waals surface area contributed by atoms with Crippen LogP contribution in [0.25, 0.3) is 0 Å². The fourth-order valence-electron chi connectivity index (χ4n) is 1.57. The molecule has 0 atom stereocenters. The van der Waals surface area contributed by atoms with Crippen molar-refractivity contribution >= 4 is 16.7 Å². The van der Waals surface area contributed by atoms with Crippen LogP contribution in [0.3, 0.4) is 0 Å². The van der Waals surface area contributed by atoms with E-state index >= 15 is 0 Å². The van der Waals surface area contributed by atoms with Crippen LogP contribution in [0.2, 0.25) is 0 Å². The molecule has 1 aromatic rings. The molecule has 1 fully saturated rings. The van der Waals surface area contributed by atoms with Gasteiger partial charge >= 0.3 is 0 Å². The van der Waals surface area contributed by atoms with Crippen molar-refractivity contribution in [3.05, 3.63) is 24.0 Å². The third-order valence-corrected chi connectivity index (χ3v) is 3.71. The number of carbonyl (C=O) groups excluding carboxylic acids is 1. The predicted octanol–water partition coefficient (Wildman–Crippen LogP) is -0.00830. The third-order valence-electron chi connectivity index (χ3n) is 2.44. The lowest BCUT2D eigenvalue weighted by Gasteiger charge is -2.26. The summed E-state index contributed by atoms with van der Waals surface area (Å²) in [5.41, 5.74) is 0.368. The number of rotatable bonds is 1. The average molecular weight is 240 g/mol. The van der Waals surface area contributed by atoms with E-state index in [0.717, 1.165) is 0 Å². The number of hydrogen-bond acceptors (Lipinski definition) is 4. The van der Waals surface area contributed by atoms with Gasteiger partial charge in [-0.1, -0.05) is 0 Å². The maximum Gasteiger partial charge on any atom is 0.255 e. The van der Waals surface area contributed by atoms with E-state index in [1.54, 1.807) is 4.90 Å². The van der Waals surface area contributed by atoms with Crippen LogP contribution in [0.15, 0.2) is 18.5 Å². The molecule has 2 rings (SSSR count).